The van der Waals surface area contributed by atoms with Gasteiger partial charge in [0.2, 0.25) is 0 Å². The van der Waals surface area contributed by atoms with Gasteiger partial charge in [0.05, 0.1) is 5.56 Å². The molecule has 0 bridgehead atoms. The van der Waals surface area contributed by atoms with Crippen LogP contribution < -0.4 is 4.90 Å². The number of rotatable bonds is 3. The second kappa shape index (κ2) is 5.00. The maximum Gasteiger partial charge on any atom is 0.335 e. The van der Waals surface area contributed by atoms with Gasteiger partial charge in [-0.25, -0.2) is 4.79 Å². The summed E-state index contributed by atoms with van der Waals surface area (Å²) in [6, 6.07) is 13.9. The summed E-state index contributed by atoms with van der Waals surface area (Å²) in [7, 11) is 0. The predicted octanol–water partition coefficient (Wildman–Crippen LogP) is 3.26. The van der Waals surface area contributed by atoms with Crippen molar-refractivity contribution in [2.75, 3.05) is 11.4 Å². The normalized spacial score (nSPS) is 13.3. The van der Waals surface area contributed by atoms with Crippen molar-refractivity contribution < 1.29 is 9.90 Å². The monoisotopic (exact) mass is 267 g/mol. The SMILES string of the molecule is Cc1cccc(CN2CCc3cc(C(=O)O)ccc32)c1. The standard InChI is InChI=1S/C17H17NO2/c1-12-3-2-4-13(9-12)11-18-8-7-14-10-15(17(19)20)5-6-16(14)18/h2-6,9-10H,7-8,11H2,1H3,(H,19,20). The molecule has 1 heterocycles. The molecule has 3 rings (SSSR count). The lowest BCUT2D eigenvalue weighted by Gasteiger charge is -2.19. The van der Waals surface area contributed by atoms with Crippen LogP contribution in [-0.4, -0.2) is 17.6 Å². The van der Waals surface area contributed by atoms with Gasteiger partial charge in [0.15, 0.2) is 0 Å². The van der Waals surface area contributed by atoms with E-state index in [1.807, 2.05) is 6.07 Å². The van der Waals surface area contributed by atoms with E-state index in [-0.39, 0.29) is 0 Å². The van der Waals surface area contributed by atoms with Crippen LogP contribution in [0.5, 0.6) is 0 Å². The number of carbonyl (C=O) groups is 1. The molecule has 0 aliphatic carbocycles. The molecule has 0 fully saturated rings. The number of hydrogen-bond donors (Lipinski definition) is 1. The molecule has 2 aromatic carbocycles. The number of carboxylic acids is 1. The number of carboxylic acid groups (broad SMARTS) is 1. The molecule has 1 N–H and O–H groups in total. The van der Waals surface area contributed by atoms with Crippen LogP contribution in [0.3, 0.4) is 0 Å². The fourth-order valence-electron chi connectivity index (χ4n) is 2.80. The van der Waals surface area contributed by atoms with E-state index >= 15 is 0 Å². The number of aryl methyl sites for hydroxylation is 1. The molecular weight excluding hydrogens is 250 g/mol. The van der Waals surface area contributed by atoms with Crippen LogP contribution >= 0.6 is 0 Å². The summed E-state index contributed by atoms with van der Waals surface area (Å²) in [6.45, 7) is 3.92. The number of nitrogens with zero attached hydrogens (tertiary/aromatic N) is 1. The molecule has 1 aliphatic rings. The van der Waals surface area contributed by atoms with Crippen LogP contribution in [0, 0.1) is 6.92 Å². The predicted molar refractivity (Wildman–Crippen MR) is 79.3 cm³/mol. The van der Waals surface area contributed by atoms with Crippen LogP contribution in [0.15, 0.2) is 42.5 Å². The van der Waals surface area contributed by atoms with E-state index in [4.69, 9.17) is 5.11 Å². The van der Waals surface area contributed by atoms with E-state index in [0.29, 0.717) is 5.56 Å². The molecule has 20 heavy (non-hydrogen) atoms. The molecule has 0 saturated heterocycles. The van der Waals surface area contributed by atoms with Crippen LogP contribution in [0.2, 0.25) is 0 Å². The van der Waals surface area contributed by atoms with Gasteiger partial charge >= 0.3 is 5.97 Å². The summed E-state index contributed by atoms with van der Waals surface area (Å²) >= 11 is 0. The minimum Gasteiger partial charge on any atom is -0.478 e. The maximum absolute atomic E-state index is 11.0. The summed E-state index contributed by atoms with van der Waals surface area (Å²) in [5, 5.41) is 9.03. The molecule has 0 saturated carbocycles. The smallest absolute Gasteiger partial charge is 0.335 e. The van der Waals surface area contributed by atoms with Crippen molar-refractivity contribution in [2.24, 2.45) is 0 Å². The van der Waals surface area contributed by atoms with Crippen LogP contribution in [0.25, 0.3) is 0 Å². The average molecular weight is 267 g/mol. The average Bonchev–Trinajstić information content (AvgIpc) is 2.81. The molecule has 0 unspecified atom stereocenters. The fraction of sp³-hybridized carbons (Fsp3) is 0.235. The van der Waals surface area contributed by atoms with Gasteiger partial charge in [-0.05, 0) is 42.7 Å². The Labute approximate surface area is 118 Å². The first-order valence-electron chi connectivity index (χ1n) is 6.80. The third-order valence-corrected chi connectivity index (χ3v) is 3.77. The van der Waals surface area contributed by atoms with Crippen molar-refractivity contribution in [3.05, 3.63) is 64.7 Å². The number of hydrogen-bond acceptors (Lipinski definition) is 2. The lowest BCUT2D eigenvalue weighted by atomic mass is 10.1. The quantitative estimate of drug-likeness (QED) is 0.928. The van der Waals surface area contributed by atoms with Crippen molar-refractivity contribution in [2.45, 2.75) is 19.9 Å². The molecular formula is C17H17NO2. The second-order valence-electron chi connectivity index (χ2n) is 5.31. The first-order valence-corrected chi connectivity index (χ1v) is 6.80. The van der Waals surface area contributed by atoms with Crippen molar-refractivity contribution >= 4 is 11.7 Å². The Kier molecular flexibility index (Phi) is 3.18. The molecule has 0 spiro atoms. The molecule has 3 nitrogen and oxygen atoms in total. The van der Waals surface area contributed by atoms with Crippen LogP contribution in [0.1, 0.15) is 27.0 Å². The van der Waals surface area contributed by atoms with Crippen LogP contribution in [0.4, 0.5) is 5.69 Å². The largest absolute Gasteiger partial charge is 0.478 e. The highest BCUT2D eigenvalue weighted by atomic mass is 16.4. The Hall–Kier alpha value is -2.29. The van der Waals surface area contributed by atoms with E-state index in [9.17, 15) is 4.79 Å². The van der Waals surface area contributed by atoms with E-state index in [1.54, 1.807) is 12.1 Å². The molecule has 2 aromatic rings. The molecule has 1 aliphatic heterocycles. The lowest BCUT2D eigenvalue weighted by Crippen LogP contribution is -2.19. The van der Waals surface area contributed by atoms with Gasteiger partial charge in [0, 0.05) is 18.8 Å². The summed E-state index contributed by atoms with van der Waals surface area (Å²) in [5.74, 6) is -0.857. The zero-order valence-corrected chi connectivity index (χ0v) is 11.5. The van der Waals surface area contributed by atoms with Gasteiger partial charge in [-0.3, -0.25) is 0 Å². The molecule has 0 amide bonds. The van der Waals surface area contributed by atoms with Gasteiger partial charge < -0.3 is 10.0 Å². The minimum absolute atomic E-state index is 0.376. The van der Waals surface area contributed by atoms with Gasteiger partial charge in [-0.1, -0.05) is 29.8 Å². The number of anilines is 1. The summed E-state index contributed by atoms with van der Waals surface area (Å²) < 4.78 is 0. The Bertz CT molecular complexity index is 664. The Morgan fingerprint density at radius 2 is 2.10 bits per heavy atom. The first kappa shape index (κ1) is 12.7. The molecule has 0 atom stereocenters. The summed E-state index contributed by atoms with van der Waals surface area (Å²) in [6.07, 6.45) is 0.919. The van der Waals surface area contributed by atoms with Crippen molar-refractivity contribution in [1.82, 2.24) is 0 Å². The summed E-state index contributed by atoms with van der Waals surface area (Å²) in [5.41, 5.74) is 5.23. The molecule has 3 heteroatoms. The topological polar surface area (TPSA) is 40.5 Å². The molecule has 0 aromatic heterocycles. The molecule has 0 radical (unpaired) electrons. The van der Waals surface area contributed by atoms with Gasteiger partial charge in [0.1, 0.15) is 0 Å². The van der Waals surface area contributed by atoms with Crippen molar-refractivity contribution in [1.29, 1.82) is 0 Å². The maximum atomic E-state index is 11.0. The van der Waals surface area contributed by atoms with E-state index in [0.717, 1.165) is 30.8 Å². The lowest BCUT2D eigenvalue weighted by molar-refractivity contribution is 0.0697. The van der Waals surface area contributed by atoms with Crippen molar-refractivity contribution in [3.63, 3.8) is 0 Å². The molecule has 102 valence electrons. The highest BCUT2D eigenvalue weighted by Gasteiger charge is 2.20. The third kappa shape index (κ3) is 2.39. The van der Waals surface area contributed by atoms with E-state index < -0.39 is 5.97 Å². The number of fused-ring (bicyclic) bond motifs is 1. The summed E-state index contributed by atoms with van der Waals surface area (Å²) in [4.78, 5) is 13.3. The second-order valence-corrected chi connectivity index (χ2v) is 5.31. The highest BCUT2D eigenvalue weighted by Crippen LogP contribution is 2.30. The van der Waals surface area contributed by atoms with Gasteiger partial charge in [-0.2, -0.15) is 0 Å². The van der Waals surface area contributed by atoms with Gasteiger partial charge in [-0.15, -0.1) is 0 Å². The Balaban J connectivity index is 1.84. The highest BCUT2D eigenvalue weighted by molar-refractivity contribution is 5.88. The first-order chi connectivity index (χ1) is 9.63. The third-order valence-electron chi connectivity index (χ3n) is 3.77. The number of aromatic carboxylic acids is 1. The van der Waals surface area contributed by atoms with Gasteiger partial charge in [0.25, 0.3) is 0 Å². The Morgan fingerprint density at radius 1 is 1.25 bits per heavy atom. The zero-order chi connectivity index (χ0) is 14.1. The van der Waals surface area contributed by atoms with E-state index in [2.05, 4.69) is 36.1 Å². The fourth-order valence-corrected chi connectivity index (χ4v) is 2.80. The minimum atomic E-state index is -0.857. The van der Waals surface area contributed by atoms with E-state index in [1.165, 1.54) is 11.1 Å². The van der Waals surface area contributed by atoms with Crippen LogP contribution in [-0.2, 0) is 13.0 Å². The zero-order valence-electron chi connectivity index (χ0n) is 11.5. The number of benzene rings is 2. The van der Waals surface area contributed by atoms with Crippen molar-refractivity contribution in [3.8, 4) is 0 Å². The Morgan fingerprint density at radius 3 is 2.85 bits per heavy atom.